The average molecular weight is 327 g/mol. The first-order valence-electron chi connectivity index (χ1n) is 7.97. The standard InChI is InChI=1S/C15H26N4O2S/c1-5-11(4)19-14(21)12(13(20)17-15(19)22)10-16-8-9-18(6-2)7-3/h10-12H,5-9H2,1-4H3,(H,17,20,22)/p+1/t11-,12-/m0/s1. The van der Waals surface area contributed by atoms with Gasteiger partial charge in [-0.25, -0.2) is 0 Å². The van der Waals surface area contributed by atoms with Crippen LogP contribution >= 0.6 is 12.2 Å². The second kappa shape index (κ2) is 8.95. The third-order valence-corrected chi connectivity index (χ3v) is 4.41. The number of carbonyl (C=O) groups excluding carboxylic acids is 2. The molecule has 2 N–H and O–H groups in total. The molecule has 22 heavy (non-hydrogen) atoms. The molecular weight excluding hydrogens is 300 g/mol. The Morgan fingerprint density at radius 3 is 2.55 bits per heavy atom. The maximum absolute atomic E-state index is 12.5. The van der Waals surface area contributed by atoms with Crippen LogP contribution in [0.3, 0.4) is 0 Å². The van der Waals surface area contributed by atoms with Gasteiger partial charge in [-0.05, 0) is 39.4 Å². The Labute approximate surface area is 137 Å². The van der Waals surface area contributed by atoms with Crippen LogP contribution in [-0.2, 0) is 9.59 Å². The van der Waals surface area contributed by atoms with Crippen molar-refractivity contribution in [2.45, 2.75) is 40.2 Å². The zero-order chi connectivity index (χ0) is 16.7. The molecule has 0 spiro atoms. The zero-order valence-electron chi connectivity index (χ0n) is 13.9. The zero-order valence-corrected chi connectivity index (χ0v) is 14.7. The summed E-state index contributed by atoms with van der Waals surface area (Å²) < 4.78 is 0. The van der Waals surface area contributed by atoms with E-state index in [1.165, 1.54) is 16.0 Å². The van der Waals surface area contributed by atoms with E-state index in [0.717, 1.165) is 26.1 Å². The fourth-order valence-electron chi connectivity index (χ4n) is 2.34. The number of hydrogen-bond acceptors (Lipinski definition) is 4. The summed E-state index contributed by atoms with van der Waals surface area (Å²) in [6.07, 6.45) is 2.24. The number of thiocarbonyl (C=S) groups is 1. The molecule has 7 heteroatoms. The Bertz CT molecular complexity index is 449. The first-order valence-corrected chi connectivity index (χ1v) is 8.38. The van der Waals surface area contributed by atoms with Gasteiger partial charge >= 0.3 is 0 Å². The summed E-state index contributed by atoms with van der Waals surface area (Å²) in [5, 5.41) is 2.79. The van der Waals surface area contributed by atoms with E-state index in [2.05, 4.69) is 24.2 Å². The normalized spacial score (nSPS) is 20.9. The van der Waals surface area contributed by atoms with Crippen molar-refractivity contribution in [1.29, 1.82) is 0 Å². The number of quaternary nitrogens is 1. The van der Waals surface area contributed by atoms with Gasteiger partial charge in [0.1, 0.15) is 0 Å². The van der Waals surface area contributed by atoms with Crippen molar-refractivity contribution in [3.05, 3.63) is 0 Å². The highest BCUT2D eigenvalue weighted by Crippen LogP contribution is 2.14. The second-order valence-corrected chi connectivity index (χ2v) is 5.89. The first-order chi connectivity index (χ1) is 10.5. The van der Waals surface area contributed by atoms with E-state index in [9.17, 15) is 9.59 Å². The van der Waals surface area contributed by atoms with E-state index in [0.29, 0.717) is 6.54 Å². The Hall–Kier alpha value is -1.34. The average Bonchev–Trinajstić information content (AvgIpc) is 2.49. The Morgan fingerprint density at radius 1 is 1.36 bits per heavy atom. The van der Waals surface area contributed by atoms with Crippen LogP contribution in [0.2, 0.25) is 0 Å². The van der Waals surface area contributed by atoms with E-state index in [4.69, 9.17) is 12.2 Å². The number of carbonyl (C=O) groups is 2. The van der Waals surface area contributed by atoms with Gasteiger partial charge < -0.3 is 10.2 Å². The largest absolute Gasteiger partial charge is 0.334 e. The third kappa shape index (κ3) is 4.58. The van der Waals surface area contributed by atoms with Gasteiger partial charge in [0.15, 0.2) is 11.0 Å². The molecule has 1 heterocycles. The van der Waals surface area contributed by atoms with Crippen molar-refractivity contribution >= 4 is 35.4 Å². The second-order valence-electron chi connectivity index (χ2n) is 5.50. The van der Waals surface area contributed by atoms with Crippen molar-refractivity contribution < 1.29 is 14.5 Å². The molecule has 0 radical (unpaired) electrons. The number of hydrogen-bond donors (Lipinski definition) is 2. The molecule has 0 aliphatic carbocycles. The van der Waals surface area contributed by atoms with E-state index in [1.807, 2.05) is 13.8 Å². The summed E-state index contributed by atoms with van der Waals surface area (Å²) in [5.41, 5.74) is 0. The molecule has 1 saturated heterocycles. The molecule has 0 unspecified atom stereocenters. The fraction of sp³-hybridized carbons (Fsp3) is 0.733. The van der Waals surface area contributed by atoms with Gasteiger partial charge in [-0.1, -0.05) is 6.92 Å². The third-order valence-electron chi connectivity index (χ3n) is 4.12. The van der Waals surface area contributed by atoms with Crippen LogP contribution in [0.1, 0.15) is 34.1 Å². The smallest absolute Gasteiger partial charge is 0.247 e. The van der Waals surface area contributed by atoms with Gasteiger partial charge in [0.25, 0.3) is 0 Å². The van der Waals surface area contributed by atoms with Crippen LogP contribution in [0.4, 0.5) is 0 Å². The molecule has 1 fully saturated rings. The molecule has 0 saturated carbocycles. The molecule has 0 aromatic rings. The number of nitrogens with zero attached hydrogens (tertiary/aromatic N) is 2. The Kier molecular flexibility index (Phi) is 7.61. The predicted octanol–water partition coefficient (Wildman–Crippen LogP) is -0.360. The monoisotopic (exact) mass is 327 g/mol. The minimum atomic E-state index is -0.868. The highest BCUT2D eigenvalue weighted by atomic mass is 32.1. The molecule has 6 nitrogen and oxygen atoms in total. The van der Waals surface area contributed by atoms with E-state index < -0.39 is 5.92 Å². The molecule has 1 aliphatic rings. The molecule has 0 bridgehead atoms. The molecule has 0 aromatic heterocycles. The highest BCUT2D eigenvalue weighted by molar-refractivity contribution is 7.80. The summed E-state index contributed by atoms with van der Waals surface area (Å²) in [6, 6.07) is -0.0309. The summed E-state index contributed by atoms with van der Waals surface area (Å²) in [6.45, 7) is 11.8. The Morgan fingerprint density at radius 2 is 2.00 bits per heavy atom. The van der Waals surface area contributed by atoms with Crippen molar-refractivity contribution in [2.24, 2.45) is 10.9 Å². The fourth-order valence-corrected chi connectivity index (χ4v) is 2.71. The molecule has 2 atom stereocenters. The molecule has 124 valence electrons. The predicted molar refractivity (Wildman–Crippen MR) is 91.1 cm³/mol. The lowest BCUT2D eigenvalue weighted by molar-refractivity contribution is -0.894. The molecule has 2 amide bonds. The van der Waals surface area contributed by atoms with Gasteiger partial charge in [-0.3, -0.25) is 19.5 Å². The van der Waals surface area contributed by atoms with Gasteiger partial charge in [-0.2, -0.15) is 0 Å². The summed E-state index contributed by atoms with van der Waals surface area (Å²) in [4.78, 5) is 31.6. The van der Waals surface area contributed by atoms with Crippen LogP contribution in [-0.4, -0.2) is 60.3 Å². The van der Waals surface area contributed by atoms with Crippen molar-refractivity contribution in [3.8, 4) is 0 Å². The molecule has 0 aromatic carbocycles. The van der Waals surface area contributed by atoms with E-state index >= 15 is 0 Å². The SMILES string of the molecule is CC[C@H](C)N1C(=O)[C@@H](C=NCC[NH+](CC)CC)C(=O)NC1=S. The van der Waals surface area contributed by atoms with E-state index in [-0.39, 0.29) is 23.0 Å². The topological polar surface area (TPSA) is 66.2 Å². The summed E-state index contributed by atoms with van der Waals surface area (Å²) in [7, 11) is 0. The minimum absolute atomic E-state index is 0.0309. The van der Waals surface area contributed by atoms with Crippen LogP contribution in [0.25, 0.3) is 0 Å². The number of likely N-dealkylation sites (N-methyl/N-ethyl adjacent to an activating group) is 1. The number of nitrogens with one attached hydrogen (secondary N) is 2. The Balaban J connectivity index is 2.70. The van der Waals surface area contributed by atoms with Crippen LogP contribution in [0.15, 0.2) is 4.99 Å². The van der Waals surface area contributed by atoms with E-state index in [1.54, 1.807) is 0 Å². The van der Waals surface area contributed by atoms with Gasteiger partial charge in [0, 0.05) is 12.3 Å². The minimum Gasteiger partial charge on any atom is -0.334 e. The van der Waals surface area contributed by atoms with Crippen LogP contribution < -0.4 is 10.2 Å². The lowest BCUT2D eigenvalue weighted by atomic mass is 10.0. The van der Waals surface area contributed by atoms with Crippen molar-refractivity contribution in [2.75, 3.05) is 26.2 Å². The first kappa shape index (κ1) is 18.7. The summed E-state index contributed by atoms with van der Waals surface area (Å²) >= 11 is 5.10. The summed E-state index contributed by atoms with van der Waals surface area (Å²) in [5.74, 6) is -1.53. The molecule has 1 rings (SSSR count). The maximum atomic E-state index is 12.5. The molecule has 1 aliphatic heterocycles. The lowest BCUT2D eigenvalue weighted by Crippen LogP contribution is -3.11. The highest BCUT2D eigenvalue weighted by Gasteiger charge is 2.39. The van der Waals surface area contributed by atoms with Crippen LogP contribution in [0.5, 0.6) is 0 Å². The number of aliphatic imine (C=N–C) groups is 1. The number of rotatable bonds is 8. The van der Waals surface area contributed by atoms with Crippen molar-refractivity contribution in [1.82, 2.24) is 10.2 Å². The van der Waals surface area contributed by atoms with Gasteiger partial charge in [0.2, 0.25) is 11.8 Å². The van der Waals surface area contributed by atoms with Gasteiger partial charge in [0.05, 0.1) is 26.2 Å². The maximum Gasteiger partial charge on any atom is 0.247 e. The molecular formula is C15H27N4O2S+. The van der Waals surface area contributed by atoms with Crippen LogP contribution in [0, 0.1) is 5.92 Å². The quantitative estimate of drug-likeness (QED) is 0.363. The lowest BCUT2D eigenvalue weighted by Gasteiger charge is -2.34. The van der Waals surface area contributed by atoms with Gasteiger partial charge in [-0.15, -0.1) is 0 Å². The number of amides is 2. The van der Waals surface area contributed by atoms with Crippen molar-refractivity contribution in [3.63, 3.8) is 0 Å².